The molecule has 4 nitrogen and oxygen atoms in total. The predicted molar refractivity (Wildman–Crippen MR) is 77.1 cm³/mol. The lowest BCUT2D eigenvalue weighted by molar-refractivity contribution is 0.0921. The van der Waals surface area contributed by atoms with Gasteiger partial charge in [-0.15, -0.1) is 0 Å². The molecule has 0 unspecified atom stereocenters. The van der Waals surface area contributed by atoms with E-state index in [9.17, 15) is 4.79 Å². The van der Waals surface area contributed by atoms with Crippen LogP contribution in [-0.2, 0) is 0 Å². The Labute approximate surface area is 126 Å². The van der Waals surface area contributed by atoms with E-state index in [1.165, 1.54) is 12.1 Å². The third kappa shape index (κ3) is 3.60. The van der Waals surface area contributed by atoms with Crippen molar-refractivity contribution >= 4 is 17.4 Å². The molecule has 0 spiro atoms. The molecular weight excluding hydrogens is 288 g/mol. The average Bonchev–Trinajstić information content (AvgIpc) is 2.52. The lowest BCUT2D eigenvalue weighted by atomic mass is 10.1. The highest BCUT2D eigenvalue weighted by molar-refractivity contribution is 6.30. The van der Waals surface area contributed by atoms with Gasteiger partial charge in [-0.2, -0.15) is 10.5 Å². The van der Waals surface area contributed by atoms with Crippen LogP contribution < -0.4 is 4.74 Å². The summed E-state index contributed by atoms with van der Waals surface area (Å²) in [5.41, 5.74) is 1.23. The lowest BCUT2D eigenvalue weighted by Crippen LogP contribution is -2.12. The Bertz CT molecular complexity index is 755. The fraction of sp³-hybridized carbons (Fsp3) is 0.0625. The van der Waals surface area contributed by atoms with Crippen molar-refractivity contribution in [3.05, 3.63) is 64.2 Å². The quantitative estimate of drug-likeness (QED) is 0.811. The summed E-state index contributed by atoms with van der Waals surface area (Å²) in [6, 6.07) is 14.8. The first-order valence-electron chi connectivity index (χ1n) is 6.00. The zero-order valence-electron chi connectivity index (χ0n) is 10.8. The number of rotatable bonds is 4. The van der Waals surface area contributed by atoms with E-state index < -0.39 is 0 Å². The van der Waals surface area contributed by atoms with Crippen LogP contribution in [0.1, 0.15) is 21.5 Å². The van der Waals surface area contributed by atoms with Crippen LogP contribution in [-0.4, -0.2) is 12.4 Å². The normalized spacial score (nSPS) is 9.48. The highest BCUT2D eigenvalue weighted by Gasteiger charge is 2.10. The van der Waals surface area contributed by atoms with Crippen molar-refractivity contribution in [2.45, 2.75) is 0 Å². The van der Waals surface area contributed by atoms with Crippen LogP contribution in [0.15, 0.2) is 42.5 Å². The van der Waals surface area contributed by atoms with Gasteiger partial charge in [-0.1, -0.05) is 11.6 Å². The number of halogens is 1. The van der Waals surface area contributed by atoms with E-state index in [1.807, 2.05) is 12.1 Å². The number of hydrogen-bond donors (Lipinski definition) is 0. The summed E-state index contributed by atoms with van der Waals surface area (Å²) in [5, 5.41) is 18.1. The fourth-order valence-electron chi connectivity index (χ4n) is 1.67. The van der Waals surface area contributed by atoms with E-state index in [2.05, 4.69) is 0 Å². The second kappa shape index (κ2) is 6.56. The molecule has 21 heavy (non-hydrogen) atoms. The Morgan fingerprint density at radius 1 is 1.10 bits per heavy atom. The van der Waals surface area contributed by atoms with Crippen LogP contribution in [0, 0.1) is 22.7 Å². The summed E-state index contributed by atoms with van der Waals surface area (Å²) >= 11 is 5.83. The molecule has 2 aromatic carbocycles. The van der Waals surface area contributed by atoms with Gasteiger partial charge < -0.3 is 4.74 Å². The molecule has 0 bridgehead atoms. The molecule has 0 aliphatic heterocycles. The second-order valence-corrected chi connectivity index (χ2v) is 4.59. The van der Waals surface area contributed by atoms with Gasteiger partial charge in [0.15, 0.2) is 12.4 Å². The highest BCUT2D eigenvalue weighted by atomic mass is 35.5. The SMILES string of the molecule is N#Cc1ccc(C(=O)COc2cc(Cl)ccc2C#N)cc1. The number of ketones is 1. The third-order valence-corrected chi connectivity index (χ3v) is 2.99. The van der Waals surface area contributed by atoms with Gasteiger partial charge in [0.1, 0.15) is 11.8 Å². The van der Waals surface area contributed by atoms with Gasteiger partial charge in [0.05, 0.1) is 17.2 Å². The minimum absolute atomic E-state index is 0.207. The Kier molecular flexibility index (Phi) is 4.56. The van der Waals surface area contributed by atoms with Gasteiger partial charge in [-0.25, -0.2) is 0 Å². The van der Waals surface area contributed by atoms with E-state index in [4.69, 9.17) is 26.9 Å². The summed E-state index contributed by atoms with van der Waals surface area (Å²) in [7, 11) is 0. The van der Waals surface area contributed by atoms with Gasteiger partial charge in [-0.3, -0.25) is 4.79 Å². The second-order valence-electron chi connectivity index (χ2n) is 4.15. The van der Waals surface area contributed by atoms with Gasteiger partial charge in [0.2, 0.25) is 0 Å². The number of Topliss-reactive ketones (excluding diaryl/α,β-unsaturated/α-hetero) is 1. The van der Waals surface area contributed by atoms with Gasteiger partial charge in [0, 0.05) is 16.7 Å². The summed E-state index contributed by atoms with van der Waals surface area (Å²) in [6.45, 7) is -0.207. The van der Waals surface area contributed by atoms with Crippen LogP contribution in [0.25, 0.3) is 0 Å². The number of carbonyl (C=O) groups is 1. The van der Waals surface area contributed by atoms with E-state index in [-0.39, 0.29) is 18.1 Å². The minimum Gasteiger partial charge on any atom is -0.484 e. The molecule has 2 rings (SSSR count). The predicted octanol–water partition coefficient (Wildman–Crippen LogP) is 3.35. The molecule has 102 valence electrons. The summed E-state index contributed by atoms with van der Waals surface area (Å²) in [4.78, 5) is 12.0. The molecule has 0 aromatic heterocycles. The van der Waals surface area contributed by atoms with Crippen molar-refractivity contribution in [2.75, 3.05) is 6.61 Å². The summed E-state index contributed by atoms with van der Waals surface area (Å²) in [6.07, 6.45) is 0. The number of nitriles is 2. The maximum absolute atomic E-state index is 12.0. The number of ether oxygens (including phenoxy) is 1. The molecule has 2 aromatic rings. The first-order chi connectivity index (χ1) is 10.1. The topological polar surface area (TPSA) is 73.9 Å². The zero-order chi connectivity index (χ0) is 15.2. The molecule has 0 N–H and O–H groups in total. The molecule has 0 fully saturated rings. The fourth-order valence-corrected chi connectivity index (χ4v) is 1.83. The van der Waals surface area contributed by atoms with Crippen LogP contribution in [0.3, 0.4) is 0 Å². The van der Waals surface area contributed by atoms with E-state index in [1.54, 1.807) is 30.3 Å². The van der Waals surface area contributed by atoms with Crippen molar-refractivity contribution in [1.29, 1.82) is 10.5 Å². The molecule has 0 aliphatic carbocycles. The molecule has 0 amide bonds. The Hall–Kier alpha value is -2.82. The van der Waals surface area contributed by atoms with E-state index in [0.29, 0.717) is 21.7 Å². The van der Waals surface area contributed by atoms with Crippen LogP contribution >= 0.6 is 11.6 Å². The molecule has 0 saturated heterocycles. The first kappa shape index (κ1) is 14.6. The number of benzene rings is 2. The zero-order valence-corrected chi connectivity index (χ0v) is 11.6. The maximum Gasteiger partial charge on any atom is 0.200 e. The van der Waals surface area contributed by atoms with Crippen molar-refractivity contribution < 1.29 is 9.53 Å². The van der Waals surface area contributed by atoms with E-state index in [0.717, 1.165) is 0 Å². The molecular formula is C16H9ClN2O2. The van der Waals surface area contributed by atoms with E-state index >= 15 is 0 Å². The largest absolute Gasteiger partial charge is 0.484 e. The maximum atomic E-state index is 12.0. The smallest absolute Gasteiger partial charge is 0.200 e. The highest BCUT2D eigenvalue weighted by Crippen LogP contribution is 2.22. The van der Waals surface area contributed by atoms with Crippen LogP contribution in [0.5, 0.6) is 5.75 Å². The molecule has 5 heteroatoms. The number of nitrogens with zero attached hydrogens (tertiary/aromatic N) is 2. The van der Waals surface area contributed by atoms with Crippen molar-refractivity contribution in [3.8, 4) is 17.9 Å². The summed E-state index contributed by atoms with van der Waals surface area (Å²) in [5.74, 6) is 0.0235. The molecule has 0 heterocycles. The van der Waals surface area contributed by atoms with Crippen molar-refractivity contribution in [2.24, 2.45) is 0 Å². The third-order valence-electron chi connectivity index (χ3n) is 2.76. The van der Waals surface area contributed by atoms with Crippen molar-refractivity contribution in [1.82, 2.24) is 0 Å². The van der Waals surface area contributed by atoms with Gasteiger partial charge in [0.25, 0.3) is 0 Å². The molecule has 0 atom stereocenters. The molecule has 0 radical (unpaired) electrons. The van der Waals surface area contributed by atoms with Gasteiger partial charge >= 0.3 is 0 Å². The van der Waals surface area contributed by atoms with Crippen LogP contribution in [0.2, 0.25) is 5.02 Å². The average molecular weight is 297 g/mol. The Balaban J connectivity index is 2.09. The number of hydrogen-bond acceptors (Lipinski definition) is 4. The summed E-state index contributed by atoms with van der Waals surface area (Å²) < 4.78 is 5.36. The first-order valence-corrected chi connectivity index (χ1v) is 6.37. The monoisotopic (exact) mass is 296 g/mol. The van der Waals surface area contributed by atoms with Crippen LogP contribution in [0.4, 0.5) is 0 Å². The van der Waals surface area contributed by atoms with Crippen molar-refractivity contribution in [3.63, 3.8) is 0 Å². The Morgan fingerprint density at radius 3 is 2.43 bits per heavy atom. The molecule has 0 saturated carbocycles. The van der Waals surface area contributed by atoms with Gasteiger partial charge in [-0.05, 0) is 36.4 Å². The standard InChI is InChI=1S/C16H9ClN2O2/c17-14-6-5-13(9-19)16(7-14)21-10-15(20)12-3-1-11(8-18)2-4-12/h1-7H,10H2. The number of carbonyl (C=O) groups excluding carboxylic acids is 1. The lowest BCUT2D eigenvalue weighted by Gasteiger charge is -2.07. The molecule has 0 aliphatic rings. The Morgan fingerprint density at radius 2 is 1.81 bits per heavy atom. The minimum atomic E-state index is -0.247.